The number of nitrogens with one attached hydrogen (secondary N) is 1. The summed E-state index contributed by atoms with van der Waals surface area (Å²) in [6.07, 6.45) is 0. The van der Waals surface area contributed by atoms with E-state index in [2.05, 4.69) is 56.8 Å². The molecule has 0 bridgehead atoms. The largest absolute Gasteiger partial charge is 0.383 e. The van der Waals surface area contributed by atoms with Crippen LogP contribution in [-0.2, 0) is 0 Å². The van der Waals surface area contributed by atoms with E-state index >= 15 is 0 Å². The van der Waals surface area contributed by atoms with E-state index in [1.165, 1.54) is 0 Å². The molecule has 0 aromatic carbocycles. The molecule has 1 fully saturated rings. The Morgan fingerprint density at radius 2 is 1.63 bits per heavy atom. The van der Waals surface area contributed by atoms with Crippen LogP contribution < -0.4 is 11.1 Å². The summed E-state index contributed by atoms with van der Waals surface area (Å²) in [6, 6.07) is 0.424. The minimum atomic E-state index is 0.275. The molecule has 0 saturated heterocycles. The highest BCUT2D eigenvalue weighted by atomic mass is 15.1. The van der Waals surface area contributed by atoms with Crippen LogP contribution >= 0.6 is 0 Å². The van der Waals surface area contributed by atoms with Crippen LogP contribution in [0.4, 0.5) is 11.6 Å². The number of aromatic nitrogens is 2. The lowest BCUT2D eigenvalue weighted by Gasteiger charge is -2.14. The molecular formula is C15H26N4. The molecule has 106 valence electrons. The number of hydrogen-bond acceptors (Lipinski definition) is 4. The molecule has 1 aromatic rings. The second-order valence-corrected chi connectivity index (χ2v) is 7.12. The van der Waals surface area contributed by atoms with Crippen LogP contribution in [0.5, 0.6) is 0 Å². The summed E-state index contributed by atoms with van der Waals surface area (Å²) >= 11 is 0. The zero-order chi connectivity index (χ0) is 14.6. The van der Waals surface area contributed by atoms with E-state index < -0.39 is 0 Å². The van der Waals surface area contributed by atoms with Crippen LogP contribution in [0.3, 0.4) is 0 Å². The first kappa shape index (κ1) is 14.1. The summed E-state index contributed by atoms with van der Waals surface area (Å²) in [7, 11) is 0. The lowest BCUT2D eigenvalue weighted by Crippen LogP contribution is -2.15. The standard InChI is InChI=1S/C15H26N4/c1-8(2)11-17-10(16)9(3)12(18-11)19-13-14(4,5)15(13,6)7/h8,13H,1-7H3,(H3,16,17,18,19). The van der Waals surface area contributed by atoms with Gasteiger partial charge in [0.25, 0.3) is 0 Å². The van der Waals surface area contributed by atoms with Crippen molar-refractivity contribution in [2.75, 3.05) is 11.1 Å². The Labute approximate surface area is 116 Å². The summed E-state index contributed by atoms with van der Waals surface area (Å²) < 4.78 is 0. The first-order valence-corrected chi connectivity index (χ1v) is 6.99. The average Bonchev–Trinajstić information content (AvgIpc) is 2.66. The third-order valence-corrected chi connectivity index (χ3v) is 5.02. The Morgan fingerprint density at radius 3 is 2.05 bits per heavy atom. The second kappa shape index (κ2) is 4.09. The van der Waals surface area contributed by atoms with Gasteiger partial charge in [0, 0.05) is 17.5 Å². The van der Waals surface area contributed by atoms with Crippen molar-refractivity contribution in [1.29, 1.82) is 0 Å². The minimum absolute atomic E-state index is 0.275. The van der Waals surface area contributed by atoms with Crippen molar-refractivity contribution < 1.29 is 0 Å². The highest BCUT2D eigenvalue weighted by Crippen LogP contribution is 2.63. The van der Waals surface area contributed by atoms with Crippen molar-refractivity contribution in [2.24, 2.45) is 10.8 Å². The lowest BCUT2D eigenvalue weighted by molar-refractivity contribution is 0.457. The molecule has 0 atom stereocenters. The summed E-state index contributed by atoms with van der Waals surface area (Å²) in [4.78, 5) is 9.00. The molecule has 1 aliphatic carbocycles. The maximum absolute atomic E-state index is 6.00. The van der Waals surface area contributed by atoms with Gasteiger partial charge in [-0.1, -0.05) is 41.5 Å². The van der Waals surface area contributed by atoms with Crippen LogP contribution in [0.2, 0.25) is 0 Å². The number of nitrogen functional groups attached to an aromatic ring is 1. The fourth-order valence-corrected chi connectivity index (χ4v) is 2.64. The van der Waals surface area contributed by atoms with Crippen LogP contribution in [-0.4, -0.2) is 16.0 Å². The van der Waals surface area contributed by atoms with E-state index in [0.717, 1.165) is 17.2 Å². The minimum Gasteiger partial charge on any atom is -0.383 e. The molecule has 4 heteroatoms. The van der Waals surface area contributed by atoms with Crippen molar-refractivity contribution in [3.63, 3.8) is 0 Å². The molecule has 0 spiro atoms. The van der Waals surface area contributed by atoms with Crippen LogP contribution in [0.15, 0.2) is 0 Å². The summed E-state index contributed by atoms with van der Waals surface area (Å²) in [6.45, 7) is 15.3. The first-order valence-electron chi connectivity index (χ1n) is 6.99. The van der Waals surface area contributed by atoms with E-state index in [-0.39, 0.29) is 16.7 Å². The Bertz CT molecular complexity index is 489. The van der Waals surface area contributed by atoms with Gasteiger partial charge in [-0.15, -0.1) is 0 Å². The Hall–Kier alpha value is -1.32. The SMILES string of the molecule is Cc1c(N)nc(C(C)C)nc1NC1C(C)(C)C1(C)C. The molecule has 1 aromatic heterocycles. The molecule has 0 unspecified atom stereocenters. The summed E-state index contributed by atoms with van der Waals surface area (Å²) in [5.41, 5.74) is 7.50. The fourth-order valence-electron chi connectivity index (χ4n) is 2.64. The monoisotopic (exact) mass is 262 g/mol. The van der Waals surface area contributed by atoms with Gasteiger partial charge in [-0.25, -0.2) is 9.97 Å². The maximum atomic E-state index is 6.00. The van der Waals surface area contributed by atoms with Gasteiger partial charge in [-0.05, 0) is 17.8 Å². The number of nitrogens with two attached hydrogens (primary N) is 1. The van der Waals surface area contributed by atoms with Gasteiger partial charge >= 0.3 is 0 Å². The molecule has 4 nitrogen and oxygen atoms in total. The van der Waals surface area contributed by atoms with E-state index in [4.69, 9.17) is 5.73 Å². The molecular weight excluding hydrogens is 236 g/mol. The summed E-state index contributed by atoms with van der Waals surface area (Å²) in [5.74, 6) is 2.56. The van der Waals surface area contributed by atoms with Gasteiger partial charge in [-0.3, -0.25) is 0 Å². The second-order valence-electron chi connectivity index (χ2n) is 7.12. The third kappa shape index (κ3) is 2.07. The first-order chi connectivity index (χ1) is 8.59. The zero-order valence-electron chi connectivity index (χ0n) is 13.1. The van der Waals surface area contributed by atoms with Gasteiger partial charge in [0.15, 0.2) is 0 Å². The number of anilines is 2. The smallest absolute Gasteiger partial charge is 0.135 e. The molecule has 3 N–H and O–H groups in total. The molecule has 0 aliphatic heterocycles. The Kier molecular flexibility index (Phi) is 3.03. The van der Waals surface area contributed by atoms with Crippen LogP contribution in [0.25, 0.3) is 0 Å². The van der Waals surface area contributed by atoms with E-state index in [1.807, 2.05) is 6.92 Å². The number of nitrogens with zero attached hydrogens (tertiary/aromatic N) is 2. The predicted molar refractivity (Wildman–Crippen MR) is 80.2 cm³/mol. The van der Waals surface area contributed by atoms with Crippen molar-refractivity contribution >= 4 is 11.6 Å². The Morgan fingerprint density at radius 1 is 1.11 bits per heavy atom. The molecule has 1 saturated carbocycles. The fraction of sp³-hybridized carbons (Fsp3) is 0.733. The predicted octanol–water partition coefficient (Wildman–Crippen LogP) is 3.34. The van der Waals surface area contributed by atoms with Gasteiger partial charge in [0.1, 0.15) is 17.5 Å². The number of rotatable bonds is 3. The Balaban J connectivity index is 2.32. The third-order valence-electron chi connectivity index (χ3n) is 5.02. The van der Waals surface area contributed by atoms with Crippen molar-refractivity contribution in [1.82, 2.24) is 9.97 Å². The average molecular weight is 262 g/mol. The zero-order valence-corrected chi connectivity index (χ0v) is 13.1. The molecule has 0 radical (unpaired) electrons. The normalized spacial score (nSPS) is 20.6. The van der Waals surface area contributed by atoms with E-state index in [9.17, 15) is 0 Å². The van der Waals surface area contributed by atoms with Gasteiger partial charge < -0.3 is 11.1 Å². The molecule has 19 heavy (non-hydrogen) atoms. The molecule has 1 aliphatic rings. The van der Waals surface area contributed by atoms with E-state index in [1.54, 1.807) is 0 Å². The van der Waals surface area contributed by atoms with Gasteiger partial charge in [0.05, 0.1) is 0 Å². The highest BCUT2D eigenvalue weighted by Gasteiger charge is 2.65. The molecule has 0 amide bonds. The lowest BCUT2D eigenvalue weighted by atomic mass is 10.0. The highest BCUT2D eigenvalue weighted by molar-refractivity contribution is 5.57. The van der Waals surface area contributed by atoms with Gasteiger partial charge in [0.2, 0.25) is 0 Å². The van der Waals surface area contributed by atoms with E-state index in [0.29, 0.717) is 11.9 Å². The van der Waals surface area contributed by atoms with Crippen LogP contribution in [0, 0.1) is 17.8 Å². The molecule has 2 rings (SSSR count). The van der Waals surface area contributed by atoms with Crippen molar-refractivity contribution in [3.8, 4) is 0 Å². The topological polar surface area (TPSA) is 63.8 Å². The number of hydrogen-bond donors (Lipinski definition) is 2. The quantitative estimate of drug-likeness (QED) is 0.877. The summed E-state index contributed by atoms with van der Waals surface area (Å²) in [5, 5.41) is 3.57. The maximum Gasteiger partial charge on any atom is 0.135 e. The van der Waals surface area contributed by atoms with Crippen molar-refractivity contribution in [3.05, 3.63) is 11.4 Å². The van der Waals surface area contributed by atoms with Gasteiger partial charge in [-0.2, -0.15) is 0 Å². The van der Waals surface area contributed by atoms with Crippen molar-refractivity contribution in [2.45, 2.75) is 60.4 Å². The van der Waals surface area contributed by atoms with Crippen LogP contribution in [0.1, 0.15) is 58.8 Å². The molecule has 1 heterocycles.